The molecule has 3 aromatic rings. The summed E-state index contributed by atoms with van der Waals surface area (Å²) in [6.07, 6.45) is 2.10. The summed E-state index contributed by atoms with van der Waals surface area (Å²) in [7, 11) is 0. The van der Waals surface area contributed by atoms with E-state index in [9.17, 15) is 18.8 Å². The predicted octanol–water partition coefficient (Wildman–Crippen LogP) is 4.57. The van der Waals surface area contributed by atoms with E-state index in [4.69, 9.17) is 9.15 Å². The Kier molecular flexibility index (Phi) is 6.91. The zero-order valence-electron chi connectivity index (χ0n) is 18.6. The van der Waals surface area contributed by atoms with Crippen molar-refractivity contribution in [1.82, 2.24) is 4.90 Å². The molecule has 1 aliphatic heterocycles. The molecule has 1 aromatic heterocycles. The molecular weight excluding hydrogens is 441 g/mol. The lowest BCUT2D eigenvalue weighted by atomic mass is 10.1. The second kappa shape index (κ2) is 10.2. The molecule has 2 aromatic carbocycles. The van der Waals surface area contributed by atoms with Crippen LogP contribution >= 0.6 is 0 Å². The fourth-order valence-electron chi connectivity index (χ4n) is 3.65. The second-order valence-corrected chi connectivity index (χ2v) is 7.78. The Hall–Kier alpha value is -4.14. The third-order valence-corrected chi connectivity index (χ3v) is 5.30. The van der Waals surface area contributed by atoms with Gasteiger partial charge in [0.05, 0.1) is 31.5 Å². The van der Waals surface area contributed by atoms with E-state index in [1.54, 1.807) is 36.4 Å². The summed E-state index contributed by atoms with van der Waals surface area (Å²) in [6, 6.07) is 13.6. The Balaban J connectivity index is 1.51. The number of hydrogen-bond donors (Lipinski definition) is 1. The van der Waals surface area contributed by atoms with Crippen LogP contribution in [-0.2, 0) is 16.1 Å². The van der Waals surface area contributed by atoms with Gasteiger partial charge in [0.1, 0.15) is 23.4 Å². The highest BCUT2D eigenvalue weighted by Gasteiger charge is 2.47. The van der Waals surface area contributed by atoms with E-state index in [2.05, 4.69) is 5.32 Å². The molecule has 1 fully saturated rings. The largest absolute Gasteiger partial charge is 0.494 e. The molecule has 2 heterocycles. The number of urea groups is 1. The quantitative estimate of drug-likeness (QED) is 0.467. The number of halogens is 1. The van der Waals surface area contributed by atoms with Gasteiger partial charge >= 0.3 is 6.03 Å². The molecule has 1 unspecified atom stereocenters. The standard InChI is InChI=1S/C25H24FN3O5/c1-2-13-33-20-11-7-18(8-12-20)27-23(30)15-22-24(31)29(19-9-5-17(26)6-10-19)25(32)28(22)16-21-4-3-14-34-21/h3-12,14,22H,2,13,15-16H2,1H3,(H,27,30). The van der Waals surface area contributed by atoms with Crippen molar-refractivity contribution >= 4 is 29.2 Å². The number of furan rings is 1. The van der Waals surface area contributed by atoms with E-state index in [1.165, 1.54) is 35.4 Å². The molecule has 1 saturated heterocycles. The van der Waals surface area contributed by atoms with Crippen molar-refractivity contribution in [3.63, 3.8) is 0 Å². The minimum absolute atomic E-state index is 0.0106. The molecule has 1 atom stereocenters. The predicted molar refractivity (Wildman–Crippen MR) is 123 cm³/mol. The zero-order valence-corrected chi connectivity index (χ0v) is 18.6. The fraction of sp³-hybridized carbons (Fsp3) is 0.240. The molecule has 4 amide bonds. The highest BCUT2D eigenvalue weighted by atomic mass is 19.1. The molecule has 0 aliphatic carbocycles. The summed E-state index contributed by atoms with van der Waals surface area (Å²) in [6.45, 7) is 2.62. The average molecular weight is 465 g/mol. The normalized spacial score (nSPS) is 15.6. The SMILES string of the molecule is CCCOc1ccc(NC(=O)CC2C(=O)N(c3ccc(F)cc3)C(=O)N2Cc2ccco2)cc1. The summed E-state index contributed by atoms with van der Waals surface area (Å²) in [5, 5.41) is 2.75. The lowest BCUT2D eigenvalue weighted by Gasteiger charge is -2.20. The smallest absolute Gasteiger partial charge is 0.332 e. The Bertz CT molecular complexity index is 1150. The number of benzene rings is 2. The maximum atomic E-state index is 13.4. The van der Waals surface area contributed by atoms with Crippen molar-refractivity contribution in [1.29, 1.82) is 0 Å². The van der Waals surface area contributed by atoms with Crippen LogP contribution in [0.2, 0.25) is 0 Å². The van der Waals surface area contributed by atoms with Crippen LogP contribution in [0.4, 0.5) is 20.6 Å². The molecule has 34 heavy (non-hydrogen) atoms. The van der Waals surface area contributed by atoms with E-state index in [0.717, 1.165) is 11.3 Å². The third kappa shape index (κ3) is 5.09. The molecule has 9 heteroatoms. The van der Waals surface area contributed by atoms with Crippen LogP contribution in [0.1, 0.15) is 25.5 Å². The number of carbonyl (C=O) groups excluding carboxylic acids is 3. The van der Waals surface area contributed by atoms with Crippen LogP contribution in [0.25, 0.3) is 0 Å². The van der Waals surface area contributed by atoms with Crippen molar-refractivity contribution in [2.45, 2.75) is 32.4 Å². The number of imide groups is 1. The van der Waals surface area contributed by atoms with Gasteiger partial charge in [0.15, 0.2) is 0 Å². The van der Waals surface area contributed by atoms with E-state index >= 15 is 0 Å². The van der Waals surface area contributed by atoms with Gasteiger partial charge in [0.2, 0.25) is 5.91 Å². The molecule has 0 radical (unpaired) electrons. The van der Waals surface area contributed by atoms with E-state index < -0.39 is 29.7 Å². The number of ether oxygens (including phenoxy) is 1. The zero-order chi connectivity index (χ0) is 24.1. The number of nitrogens with zero attached hydrogens (tertiary/aromatic N) is 2. The summed E-state index contributed by atoms with van der Waals surface area (Å²) in [5.41, 5.74) is 0.769. The first-order valence-corrected chi connectivity index (χ1v) is 10.9. The first kappa shape index (κ1) is 23.0. The average Bonchev–Trinajstić information content (AvgIpc) is 3.42. The van der Waals surface area contributed by atoms with Crippen molar-refractivity contribution in [2.75, 3.05) is 16.8 Å². The number of nitrogens with one attached hydrogen (secondary N) is 1. The Morgan fingerprint density at radius 1 is 1.09 bits per heavy atom. The van der Waals surface area contributed by atoms with Gasteiger partial charge < -0.3 is 19.4 Å². The number of rotatable bonds is 9. The van der Waals surface area contributed by atoms with E-state index in [1.807, 2.05) is 6.92 Å². The molecular formula is C25H24FN3O5. The van der Waals surface area contributed by atoms with Crippen molar-refractivity contribution in [2.24, 2.45) is 0 Å². The first-order chi connectivity index (χ1) is 16.5. The third-order valence-electron chi connectivity index (χ3n) is 5.30. The van der Waals surface area contributed by atoms with Gasteiger partial charge in [-0.1, -0.05) is 6.92 Å². The van der Waals surface area contributed by atoms with Gasteiger partial charge in [-0.05, 0) is 67.1 Å². The maximum Gasteiger partial charge on any atom is 0.332 e. The first-order valence-electron chi connectivity index (χ1n) is 10.9. The van der Waals surface area contributed by atoms with Crippen LogP contribution < -0.4 is 15.0 Å². The summed E-state index contributed by atoms with van der Waals surface area (Å²) in [5.74, 6) is -0.330. The van der Waals surface area contributed by atoms with Crippen LogP contribution in [0, 0.1) is 5.82 Å². The van der Waals surface area contributed by atoms with Gasteiger partial charge in [-0.2, -0.15) is 0 Å². The molecule has 1 aliphatic rings. The van der Waals surface area contributed by atoms with Crippen LogP contribution in [0.5, 0.6) is 5.75 Å². The highest BCUT2D eigenvalue weighted by Crippen LogP contribution is 2.29. The summed E-state index contributed by atoms with van der Waals surface area (Å²) >= 11 is 0. The molecule has 0 bridgehead atoms. The van der Waals surface area contributed by atoms with Crippen molar-refractivity contribution < 1.29 is 27.9 Å². The Morgan fingerprint density at radius 2 is 1.82 bits per heavy atom. The molecule has 0 spiro atoms. The van der Waals surface area contributed by atoms with Gasteiger partial charge in [-0.15, -0.1) is 0 Å². The van der Waals surface area contributed by atoms with Crippen LogP contribution in [-0.4, -0.2) is 35.4 Å². The van der Waals surface area contributed by atoms with Crippen molar-refractivity contribution in [3.05, 3.63) is 78.5 Å². The molecule has 0 saturated carbocycles. The van der Waals surface area contributed by atoms with Gasteiger partial charge in [-0.3, -0.25) is 9.59 Å². The minimum Gasteiger partial charge on any atom is -0.494 e. The van der Waals surface area contributed by atoms with Crippen LogP contribution in [0.15, 0.2) is 71.3 Å². The van der Waals surface area contributed by atoms with Crippen LogP contribution in [0.3, 0.4) is 0 Å². The lowest BCUT2D eigenvalue weighted by molar-refractivity contribution is -0.124. The highest BCUT2D eigenvalue weighted by molar-refractivity contribution is 6.22. The topological polar surface area (TPSA) is 92.1 Å². The summed E-state index contributed by atoms with van der Waals surface area (Å²) < 4.78 is 24.2. The summed E-state index contributed by atoms with van der Waals surface area (Å²) in [4.78, 5) is 41.4. The molecule has 8 nitrogen and oxygen atoms in total. The van der Waals surface area contributed by atoms with E-state index in [-0.39, 0.29) is 18.7 Å². The van der Waals surface area contributed by atoms with Gasteiger partial charge in [0, 0.05) is 5.69 Å². The number of hydrogen-bond acceptors (Lipinski definition) is 5. The van der Waals surface area contributed by atoms with Gasteiger partial charge in [0.25, 0.3) is 5.91 Å². The Labute approximate surface area is 195 Å². The minimum atomic E-state index is -1.05. The molecule has 176 valence electrons. The second-order valence-electron chi connectivity index (χ2n) is 7.78. The fourth-order valence-corrected chi connectivity index (χ4v) is 3.65. The van der Waals surface area contributed by atoms with E-state index in [0.29, 0.717) is 23.8 Å². The Morgan fingerprint density at radius 3 is 2.47 bits per heavy atom. The monoisotopic (exact) mass is 465 g/mol. The maximum absolute atomic E-state index is 13.4. The lowest BCUT2D eigenvalue weighted by Crippen LogP contribution is -2.37. The number of carbonyl (C=O) groups is 3. The number of anilines is 2. The number of amides is 4. The van der Waals surface area contributed by atoms with Crippen molar-refractivity contribution in [3.8, 4) is 5.75 Å². The molecule has 4 rings (SSSR count). The molecule has 1 N–H and O–H groups in total. The van der Waals surface area contributed by atoms with Gasteiger partial charge in [-0.25, -0.2) is 14.1 Å².